The standard InChI is InChI=1S/C23H38N4O3Si/c1-22(2,3)30-21(28)27(7)14-16-10-11-19-17(12-16)13-18(20(19)25-26-24)15-29-31(8,9)23(4,5)6/h10-12,18,20H,13-15H2,1-9H3/t18-,20?/m1/s1. The molecule has 1 unspecified atom stereocenters. The first-order valence-electron chi connectivity index (χ1n) is 10.9. The van der Waals surface area contributed by atoms with Crippen molar-refractivity contribution in [2.75, 3.05) is 13.7 Å². The zero-order valence-electron chi connectivity index (χ0n) is 20.5. The summed E-state index contributed by atoms with van der Waals surface area (Å²) in [6.45, 7) is 17.8. The largest absolute Gasteiger partial charge is 0.444 e. The fraction of sp³-hybridized carbons (Fsp3) is 0.696. The van der Waals surface area contributed by atoms with E-state index >= 15 is 0 Å². The van der Waals surface area contributed by atoms with Gasteiger partial charge in [-0.2, -0.15) is 0 Å². The van der Waals surface area contributed by atoms with Crippen LogP contribution in [0.2, 0.25) is 18.1 Å². The first kappa shape index (κ1) is 25.2. The summed E-state index contributed by atoms with van der Waals surface area (Å²) in [4.78, 5) is 17.0. The van der Waals surface area contributed by atoms with Crippen LogP contribution in [0.4, 0.5) is 4.79 Å². The SMILES string of the molecule is CN(Cc1ccc2c(c1)C[C@H](CO[Si](C)(C)C(C)(C)C)C2N=[N+]=[N-])C(=O)OC(C)(C)C. The normalized spacial score (nSPS) is 18.9. The van der Waals surface area contributed by atoms with E-state index in [1.165, 1.54) is 0 Å². The fourth-order valence-corrected chi connectivity index (χ4v) is 4.51. The number of carbonyl (C=O) groups excluding carboxylic acids is 1. The Morgan fingerprint density at radius 1 is 1.26 bits per heavy atom. The quantitative estimate of drug-likeness (QED) is 0.213. The van der Waals surface area contributed by atoms with Crippen LogP contribution in [0.1, 0.15) is 64.3 Å². The van der Waals surface area contributed by atoms with E-state index in [-0.39, 0.29) is 23.1 Å². The molecule has 0 aliphatic heterocycles. The van der Waals surface area contributed by atoms with Crippen molar-refractivity contribution in [1.82, 2.24) is 4.90 Å². The summed E-state index contributed by atoms with van der Waals surface area (Å²) in [5.74, 6) is 0.124. The zero-order valence-corrected chi connectivity index (χ0v) is 21.5. The van der Waals surface area contributed by atoms with Gasteiger partial charge in [-0.05, 0) is 73.5 Å². The molecule has 1 aromatic carbocycles. The van der Waals surface area contributed by atoms with Crippen LogP contribution in [0.5, 0.6) is 0 Å². The molecule has 1 aliphatic carbocycles. The molecule has 0 aromatic heterocycles. The number of hydrogen-bond donors (Lipinski definition) is 0. The molecule has 1 amide bonds. The number of carbonyl (C=O) groups is 1. The number of fused-ring (bicyclic) bond motifs is 1. The fourth-order valence-electron chi connectivity index (χ4n) is 3.44. The zero-order chi connectivity index (χ0) is 23.6. The maximum absolute atomic E-state index is 12.3. The molecule has 0 bridgehead atoms. The summed E-state index contributed by atoms with van der Waals surface area (Å²) in [6, 6.07) is 5.92. The molecule has 2 atom stereocenters. The molecular formula is C23H38N4O3Si. The first-order valence-corrected chi connectivity index (χ1v) is 13.8. The first-order chi connectivity index (χ1) is 14.1. The molecule has 0 saturated heterocycles. The summed E-state index contributed by atoms with van der Waals surface area (Å²) in [7, 11) is -0.150. The van der Waals surface area contributed by atoms with Crippen LogP contribution in [0.25, 0.3) is 10.4 Å². The van der Waals surface area contributed by atoms with Crippen molar-refractivity contribution in [2.24, 2.45) is 11.0 Å². The maximum atomic E-state index is 12.3. The molecule has 0 radical (unpaired) electrons. The lowest BCUT2D eigenvalue weighted by Crippen LogP contribution is -2.42. The molecule has 0 N–H and O–H groups in total. The summed E-state index contributed by atoms with van der Waals surface area (Å²) >= 11 is 0. The van der Waals surface area contributed by atoms with Gasteiger partial charge >= 0.3 is 6.09 Å². The smallest absolute Gasteiger partial charge is 0.410 e. The number of amides is 1. The topological polar surface area (TPSA) is 87.5 Å². The monoisotopic (exact) mass is 446 g/mol. The minimum Gasteiger partial charge on any atom is -0.444 e. The number of rotatable bonds is 6. The van der Waals surface area contributed by atoms with Gasteiger partial charge in [0.05, 0.1) is 6.04 Å². The second kappa shape index (κ2) is 9.23. The second-order valence-electron chi connectivity index (χ2n) is 11.1. The molecule has 0 saturated carbocycles. The van der Waals surface area contributed by atoms with Crippen molar-refractivity contribution in [2.45, 2.75) is 84.3 Å². The predicted octanol–water partition coefficient (Wildman–Crippen LogP) is 6.60. The van der Waals surface area contributed by atoms with E-state index in [0.717, 1.165) is 23.1 Å². The third kappa shape index (κ3) is 6.48. The van der Waals surface area contributed by atoms with E-state index in [1.807, 2.05) is 32.9 Å². The number of hydrogen-bond acceptors (Lipinski definition) is 4. The Hall–Kier alpha value is -2.02. The van der Waals surface area contributed by atoms with Crippen LogP contribution in [-0.2, 0) is 22.1 Å². The van der Waals surface area contributed by atoms with Gasteiger partial charge in [-0.3, -0.25) is 0 Å². The summed E-state index contributed by atoms with van der Waals surface area (Å²) in [5, 5.41) is 4.23. The van der Waals surface area contributed by atoms with E-state index in [0.29, 0.717) is 13.2 Å². The number of ether oxygens (including phenoxy) is 1. The van der Waals surface area contributed by atoms with Gasteiger partial charge < -0.3 is 14.1 Å². The molecular weight excluding hydrogens is 408 g/mol. The van der Waals surface area contributed by atoms with Gasteiger partial charge in [-0.15, -0.1) is 0 Å². The third-order valence-electron chi connectivity index (χ3n) is 6.22. The number of benzene rings is 1. The van der Waals surface area contributed by atoms with Gasteiger partial charge in [0.1, 0.15) is 5.60 Å². The molecule has 1 aliphatic rings. The Bertz CT molecular complexity index is 851. The van der Waals surface area contributed by atoms with Crippen LogP contribution in [-0.4, -0.2) is 38.6 Å². The van der Waals surface area contributed by atoms with E-state index in [4.69, 9.17) is 14.7 Å². The van der Waals surface area contributed by atoms with Gasteiger partial charge in [-0.25, -0.2) is 4.79 Å². The lowest BCUT2D eigenvalue weighted by molar-refractivity contribution is 0.0285. The lowest BCUT2D eigenvalue weighted by Gasteiger charge is -2.37. The molecule has 8 heteroatoms. The average Bonchev–Trinajstić information content (AvgIpc) is 2.95. The van der Waals surface area contributed by atoms with Gasteiger partial charge in [0.2, 0.25) is 0 Å². The summed E-state index contributed by atoms with van der Waals surface area (Å²) in [5.41, 5.74) is 11.8. The highest BCUT2D eigenvalue weighted by molar-refractivity contribution is 6.74. The minimum absolute atomic E-state index is 0.124. The van der Waals surface area contributed by atoms with Crippen molar-refractivity contribution in [3.8, 4) is 0 Å². The summed E-state index contributed by atoms with van der Waals surface area (Å²) < 4.78 is 11.9. The van der Waals surface area contributed by atoms with Crippen LogP contribution in [0, 0.1) is 5.92 Å². The highest BCUT2D eigenvalue weighted by atomic mass is 28.4. The summed E-state index contributed by atoms with van der Waals surface area (Å²) in [6.07, 6.45) is 0.457. The molecule has 31 heavy (non-hydrogen) atoms. The van der Waals surface area contributed by atoms with Crippen LogP contribution >= 0.6 is 0 Å². The van der Waals surface area contributed by atoms with Crippen molar-refractivity contribution in [1.29, 1.82) is 0 Å². The molecule has 1 aromatic rings. The van der Waals surface area contributed by atoms with E-state index in [2.05, 4.69) is 50.0 Å². The maximum Gasteiger partial charge on any atom is 0.410 e. The van der Waals surface area contributed by atoms with Crippen molar-refractivity contribution in [3.05, 3.63) is 45.3 Å². The Labute approximate surface area is 187 Å². The number of azide groups is 1. The van der Waals surface area contributed by atoms with E-state index < -0.39 is 13.9 Å². The molecule has 0 fully saturated rings. The van der Waals surface area contributed by atoms with Gasteiger partial charge in [0.25, 0.3) is 0 Å². The Morgan fingerprint density at radius 3 is 2.45 bits per heavy atom. The molecule has 0 spiro atoms. The van der Waals surface area contributed by atoms with Gasteiger partial charge in [0.15, 0.2) is 8.32 Å². The highest BCUT2D eigenvalue weighted by Gasteiger charge is 2.40. The van der Waals surface area contributed by atoms with Crippen LogP contribution in [0.3, 0.4) is 0 Å². The predicted molar refractivity (Wildman–Crippen MR) is 126 cm³/mol. The molecule has 2 rings (SSSR count). The number of nitrogens with zero attached hydrogens (tertiary/aromatic N) is 4. The van der Waals surface area contributed by atoms with E-state index in [9.17, 15) is 4.79 Å². The van der Waals surface area contributed by atoms with Crippen molar-refractivity contribution in [3.63, 3.8) is 0 Å². The van der Waals surface area contributed by atoms with Crippen molar-refractivity contribution < 1.29 is 14.0 Å². The third-order valence-corrected chi connectivity index (χ3v) is 10.7. The Balaban J connectivity index is 2.14. The average molecular weight is 447 g/mol. The Kier molecular flexibility index (Phi) is 7.51. The molecule has 0 heterocycles. The van der Waals surface area contributed by atoms with Gasteiger partial charge in [0, 0.05) is 25.1 Å². The minimum atomic E-state index is -1.89. The lowest BCUT2D eigenvalue weighted by atomic mass is 10.0. The van der Waals surface area contributed by atoms with Gasteiger partial charge in [-0.1, -0.05) is 44.1 Å². The highest BCUT2D eigenvalue weighted by Crippen LogP contribution is 2.42. The van der Waals surface area contributed by atoms with E-state index in [1.54, 1.807) is 11.9 Å². The van der Waals surface area contributed by atoms with Crippen LogP contribution in [0.15, 0.2) is 23.3 Å². The molecule has 172 valence electrons. The second-order valence-corrected chi connectivity index (χ2v) is 15.9. The molecule has 7 nitrogen and oxygen atoms in total. The van der Waals surface area contributed by atoms with Crippen molar-refractivity contribution >= 4 is 14.4 Å². The Morgan fingerprint density at radius 2 is 1.90 bits per heavy atom. The van der Waals surface area contributed by atoms with Crippen LogP contribution < -0.4 is 0 Å².